The number of anilines is 3. The van der Waals surface area contributed by atoms with Crippen molar-refractivity contribution in [1.82, 2.24) is 0 Å². The summed E-state index contributed by atoms with van der Waals surface area (Å²) >= 11 is 0. The van der Waals surface area contributed by atoms with Crippen molar-refractivity contribution in [2.24, 2.45) is 0 Å². The van der Waals surface area contributed by atoms with Crippen molar-refractivity contribution in [3.05, 3.63) is 54.1 Å². The van der Waals surface area contributed by atoms with E-state index in [9.17, 15) is 9.59 Å². The largest absolute Gasteiger partial charge is 0.462 e. The number of amides is 2. The number of hydrogen-bond acceptors (Lipinski definition) is 4. The second kappa shape index (κ2) is 7.12. The van der Waals surface area contributed by atoms with E-state index in [2.05, 4.69) is 10.6 Å². The van der Waals surface area contributed by atoms with E-state index in [0.717, 1.165) is 0 Å². The summed E-state index contributed by atoms with van der Waals surface area (Å²) in [5.74, 6) is -0.389. The molecule has 0 radical (unpaired) electrons. The fraction of sp³-hybridized carbons (Fsp3) is 0.125. The molecule has 114 valence electrons. The summed E-state index contributed by atoms with van der Waals surface area (Å²) in [6.45, 7) is 2.07. The molecule has 0 bridgehead atoms. The summed E-state index contributed by atoms with van der Waals surface area (Å²) in [5.41, 5.74) is 7.84. The Balaban J connectivity index is 1.94. The number of carbonyl (C=O) groups is 2. The zero-order valence-corrected chi connectivity index (χ0v) is 12.1. The van der Waals surface area contributed by atoms with E-state index >= 15 is 0 Å². The van der Waals surface area contributed by atoms with Gasteiger partial charge in [0.2, 0.25) is 0 Å². The van der Waals surface area contributed by atoms with E-state index in [1.165, 1.54) is 0 Å². The van der Waals surface area contributed by atoms with E-state index < -0.39 is 0 Å². The Kier molecular flexibility index (Phi) is 4.98. The summed E-state index contributed by atoms with van der Waals surface area (Å²) in [4.78, 5) is 23.4. The Morgan fingerprint density at radius 2 is 1.45 bits per heavy atom. The molecular weight excluding hydrogens is 282 g/mol. The fourth-order valence-electron chi connectivity index (χ4n) is 1.76. The quantitative estimate of drug-likeness (QED) is 0.597. The monoisotopic (exact) mass is 299 g/mol. The first kappa shape index (κ1) is 15.4. The Morgan fingerprint density at radius 3 is 1.95 bits per heavy atom. The SMILES string of the molecule is CCOC(=O)c1ccc(NC(=O)Nc2ccc(N)cc2)cc1. The Bertz CT molecular complexity index is 651. The number of ether oxygens (including phenoxy) is 1. The van der Waals surface area contributed by atoms with E-state index in [1.807, 2.05) is 0 Å². The molecule has 0 aliphatic carbocycles. The molecule has 2 amide bonds. The molecule has 0 aromatic heterocycles. The maximum absolute atomic E-state index is 11.8. The summed E-state index contributed by atoms with van der Waals surface area (Å²) in [7, 11) is 0. The molecule has 2 rings (SSSR count). The lowest BCUT2D eigenvalue weighted by Gasteiger charge is -2.08. The van der Waals surface area contributed by atoms with Gasteiger partial charge in [-0.05, 0) is 55.5 Å². The molecule has 0 fully saturated rings. The number of nitrogens with two attached hydrogens (primary N) is 1. The smallest absolute Gasteiger partial charge is 0.338 e. The maximum atomic E-state index is 11.8. The molecule has 6 nitrogen and oxygen atoms in total. The average molecular weight is 299 g/mol. The van der Waals surface area contributed by atoms with Crippen LogP contribution in [0.25, 0.3) is 0 Å². The molecule has 0 atom stereocenters. The van der Waals surface area contributed by atoms with Crippen LogP contribution in [0, 0.1) is 0 Å². The van der Waals surface area contributed by atoms with Gasteiger partial charge in [0.1, 0.15) is 0 Å². The zero-order valence-electron chi connectivity index (χ0n) is 12.1. The number of nitrogen functional groups attached to an aromatic ring is 1. The van der Waals surface area contributed by atoms with Gasteiger partial charge in [0.15, 0.2) is 0 Å². The topological polar surface area (TPSA) is 93.4 Å². The highest BCUT2D eigenvalue weighted by atomic mass is 16.5. The molecule has 0 unspecified atom stereocenters. The number of urea groups is 1. The molecule has 0 spiro atoms. The van der Waals surface area contributed by atoms with Crippen molar-refractivity contribution in [2.75, 3.05) is 23.0 Å². The second-order valence-corrected chi connectivity index (χ2v) is 4.50. The van der Waals surface area contributed by atoms with Gasteiger partial charge in [0.25, 0.3) is 0 Å². The fourth-order valence-corrected chi connectivity index (χ4v) is 1.76. The second-order valence-electron chi connectivity index (χ2n) is 4.50. The highest BCUT2D eigenvalue weighted by molar-refractivity contribution is 6.00. The van der Waals surface area contributed by atoms with Gasteiger partial charge in [-0.25, -0.2) is 9.59 Å². The van der Waals surface area contributed by atoms with Crippen LogP contribution in [-0.4, -0.2) is 18.6 Å². The lowest BCUT2D eigenvalue weighted by Crippen LogP contribution is -2.19. The zero-order chi connectivity index (χ0) is 15.9. The van der Waals surface area contributed by atoms with Crippen molar-refractivity contribution < 1.29 is 14.3 Å². The third-order valence-corrected chi connectivity index (χ3v) is 2.82. The van der Waals surface area contributed by atoms with Crippen LogP contribution in [0.4, 0.5) is 21.9 Å². The van der Waals surface area contributed by atoms with Crippen LogP contribution in [0.3, 0.4) is 0 Å². The number of benzene rings is 2. The van der Waals surface area contributed by atoms with Crippen molar-refractivity contribution in [3.8, 4) is 0 Å². The average Bonchev–Trinajstić information content (AvgIpc) is 2.50. The van der Waals surface area contributed by atoms with Crippen LogP contribution < -0.4 is 16.4 Å². The standard InChI is InChI=1S/C16H17N3O3/c1-2-22-15(20)11-3-7-13(8-4-11)18-16(21)19-14-9-5-12(17)6-10-14/h3-10H,2,17H2,1H3,(H2,18,19,21). The predicted molar refractivity (Wildman–Crippen MR) is 85.9 cm³/mol. The first-order valence-electron chi connectivity index (χ1n) is 6.79. The van der Waals surface area contributed by atoms with Crippen LogP contribution in [0.5, 0.6) is 0 Å². The van der Waals surface area contributed by atoms with Crippen LogP contribution in [-0.2, 0) is 4.74 Å². The molecule has 0 heterocycles. The van der Waals surface area contributed by atoms with E-state index in [-0.39, 0.29) is 12.0 Å². The van der Waals surface area contributed by atoms with Gasteiger partial charge in [-0.2, -0.15) is 0 Å². The molecular formula is C16H17N3O3. The van der Waals surface area contributed by atoms with Gasteiger partial charge >= 0.3 is 12.0 Å². The Hall–Kier alpha value is -3.02. The molecule has 2 aromatic rings. The third kappa shape index (κ3) is 4.24. The molecule has 6 heteroatoms. The number of hydrogen-bond donors (Lipinski definition) is 3. The van der Waals surface area contributed by atoms with Crippen molar-refractivity contribution in [3.63, 3.8) is 0 Å². The molecule has 0 aliphatic heterocycles. The first-order valence-corrected chi connectivity index (χ1v) is 6.79. The number of nitrogens with one attached hydrogen (secondary N) is 2. The minimum absolute atomic E-state index is 0.322. The normalized spacial score (nSPS) is 9.86. The van der Waals surface area contributed by atoms with Crippen molar-refractivity contribution in [2.45, 2.75) is 6.92 Å². The predicted octanol–water partition coefficient (Wildman–Crippen LogP) is 3.09. The van der Waals surface area contributed by atoms with Gasteiger partial charge in [-0.15, -0.1) is 0 Å². The molecule has 0 saturated carbocycles. The Labute approximate surface area is 128 Å². The number of carbonyl (C=O) groups excluding carboxylic acids is 2. The van der Waals surface area contributed by atoms with Gasteiger partial charge < -0.3 is 21.1 Å². The summed E-state index contributed by atoms with van der Waals surface area (Å²) in [5, 5.41) is 5.35. The van der Waals surface area contributed by atoms with E-state index in [0.29, 0.717) is 29.2 Å². The Morgan fingerprint density at radius 1 is 0.955 bits per heavy atom. The lowest BCUT2D eigenvalue weighted by atomic mass is 10.2. The third-order valence-electron chi connectivity index (χ3n) is 2.82. The van der Waals surface area contributed by atoms with Crippen LogP contribution in [0.1, 0.15) is 17.3 Å². The minimum Gasteiger partial charge on any atom is -0.462 e. The number of rotatable bonds is 4. The van der Waals surface area contributed by atoms with E-state index in [4.69, 9.17) is 10.5 Å². The van der Waals surface area contributed by atoms with Gasteiger partial charge in [-0.3, -0.25) is 0 Å². The highest BCUT2D eigenvalue weighted by Crippen LogP contribution is 2.13. The highest BCUT2D eigenvalue weighted by Gasteiger charge is 2.07. The number of esters is 1. The molecule has 4 N–H and O–H groups in total. The van der Waals surface area contributed by atoms with E-state index in [1.54, 1.807) is 55.5 Å². The molecule has 0 saturated heterocycles. The molecule has 0 aliphatic rings. The van der Waals surface area contributed by atoms with Gasteiger partial charge in [-0.1, -0.05) is 0 Å². The maximum Gasteiger partial charge on any atom is 0.338 e. The van der Waals surface area contributed by atoms with Crippen LogP contribution in [0.15, 0.2) is 48.5 Å². The molecule has 2 aromatic carbocycles. The van der Waals surface area contributed by atoms with Crippen LogP contribution in [0.2, 0.25) is 0 Å². The summed E-state index contributed by atoms with van der Waals surface area (Å²) < 4.78 is 4.89. The van der Waals surface area contributed by atoms with Crippen molar-refractivity contribution >= 4 is 29.1 Å². The first-order chi connectivity index (χ1) is 10.6. The van der Waals surface area contributed by atoms with Crippen molar-refractivity contribution in [1.29, 1.82) is 0 Å². The summed E-state index contributed by atoms with van der Waals surface area (Å²) in [6.07, 6.45) is 0. The minimum atomic E-state index is -0.389. The molecule has 22 heavy (non-hydrogen) atoms. The summed E-state index contributed by atoms with van der Waals surface area (Å²) in [6, 6.07) is 12.9. The van der Waals surface area contributed by atoms with Crippen LogP contribution >= 0.6 is 0 Å². The van der Waals surface area contributed by atoms with Gasteiger partial charge in [0, 0.05) is 17.1 Å². The lowest BCUT2D eigenvalue weighted by molar-refractivity contribution is 0.0526. The van der Waals surface area contributed by atoms with Gasteiger partial charge in [0.05, 0.1) is 12.2 Å².